The number of carbonyl (C=O) groups excluding carboxylic acids is 2. The van der Waals surface area contributed by atoms with E-state index in [1.54, 1.807) is 29.6 Å². The molecule has 0 atom stereocenters. The second kappa shape index (κ2) is 9.27. The second-order valence-electron chi connectivity index (χ2n) is 6.76. The Bertz CT molecular complexity index is 1030. The fourth-order valence-corrected chi connectivity index (χ4v) is 4.73. The van der Waals surface area contributed by atoms with Crippen LogP contribution in [0.25, 0.3) is 10.6 Å². The minimum absolute atomic E-state index is 0.140. The topological polar surface area (TPSA) is 87.2 Å². The molecule has 0 spiro atoms. The molecule has 0 radical (unpaired) electrons. The minimum atomic E-state index is -0.278. The van der Waals surface area contributed by atoms with Crippen molar-refractivity contribution in [1.29, 1.82) is 0 Å². The van der Waals surface area contributed by atoms with Crippen LogP contribution in [0, 0.1) is 0 Å². The van der Waals surface area contributed by atoms with Crippen molar-refractivity contribution in [1.82, 2.24) is 9.97 Å². The standard InChI is InChI=1S/C21H21N5O2S2/c1-14(27)23-16-3-5-17(6-4-16)24-20(28)18-13-30-21(25-18)15-2-7-19(22-12-15)26-8-10-29-11-9-26/h2-7,12-13H,8-11H2,1H3,(H,23,27)(H,24,28). The van der Waals surface area contributed by atoms with Gasteiger partial charge in [0.15, 0.2) is 0 Å². The minimum Gasteiger partial charge on any atom is -0.355 e. The summed E-state index contributed by atoms with van der Waals surface area (Å²) in [5, 5.41) is 8.02. The maximum atomic E-state index is 12.5. The summed E-state index contributed by atoms with van der Waals surface area (Å²) < 4.78 is 0. The van der Waals surface area contributed by atoms with Crippen LogP contribution >= 0.6 is 23.1 Å². The van der Waals surface area contributed by atoms with Crippen molar-refractivity contribution >= 4 is 52.1 Å². The van der Waals surface area contributed by atoms with Gasteiger partial charge < -0.3 is 15.5 Å². The zero-order chi connectivity index (χ0) is 20.9. The molecule has 2 N–H and O–H groups in total. The van der Waals surface area contributed by atoms with Gasteiger partial charge in [-0.25, -0.2) is 9.97 Å². The normalized spacial score (nSPS) is 13.7. The van der Waals surface area contributed by atoms with Crippen LogP contribution in [0.2, 0.25) is 0 Å². The molecule has 3 aromatic rings. The van der Waals surface area contributed by atoms with Gasteiger partial charge in [0.05, 0.1) is 0 Å². The maximum Gasteiger partial charge on any atom is 0.275 e. The average Bonchev–Trinajstić information content (AvgIpc) is 3.26. The van der Waals surface area contributed by atoms with Crippen LogP contribution in [0.5, 0.6) is 0 Å². The Morgan fingerprint density at radius 1 is 1.00 bits per heavy atom. The van der Waals surface area contributed by atoms with Gasteiger partial charge >= 0.3 is 0 Å². The Morgan fingerprint density at radius 3 is 2.33 bits per heavy atom. The third-order valence-corrected chi connectivity index (χ3v) is 6.36. The van der Waals surface area contributed by atoms with Gasteiger partial charge in [0.1, 0.15) is 16.5 Å². The van der Waals surface area contributed by atoms with Gasteiger partial charge in [0, 0.05) is 60.0 Å². The molecule has 1 saturated heterocycles. The summed E-state index contributed by atoms with van der Waals surface area (Å²) in [6.07, 6.45) is 1.82. The third kappa shape index (κ3) is 4.98. The Kier molecular flexibility index (Phi) is 6.29. The number of pyridine rings is 1. The largest absolute Gasteiger partial charge is 0.355 e. The molecule has 4 rings (SSSR count). The molecule has 2 aromatic heterocycles. The van der Waals surface area contributed by atoms with Crippen LogP contribution in [0.15, 0.2) is 48.0 Å². The molecule has 3 heterocycles. The first-order chi connectivity index (χ1) is 14.6. The first kappa shape index (κ1) is 20.4. The van der Waals surface area contributed by atoms with Crippen molar-refractivity contribution in [3.05, 3.63) is 53.7 Å². The lowest BCUT2D eigenvalue weighted by Crippen LogP contribution is -2.32. The highest BCUT2D eigenvalue weighted by Gasteiger charge is 2.15. The number of thiazole rings is 1. The number of nitrogens with zero attached hydrogens (tertiary/aromatic N) is 3. The van der Waals surface area contributed by atoms with E-state index in [1.165, 1.54) is 18.3 Å². The van der Waals surface area contributed by atoms with E-state index < -0.39 is 0 Å². The van der Waals surface area contributed by atoms with Gasteiger partial charge in [0.2, 0.25) is 5.91 Å². The Labute approximate surface area is 182 Å². The number of aromatic nitrogens is 2. The first-order valence-electron chi connectivity index (χ1n) is 9.52. The summed E-state index contributed by atoms with van der Waals surface area (Å²) in [5.41, 5.74) is 2.57. The number of nitrogens with one attached hydrogen (secondary N) is 2. The predicted octanol–water partition coefficient (Wildman–Crippen LogP) is 3.97. The van der Waals surface area contributed by atoms with Gasteiger partial charge in [-0.15, -0.1) is 11.3 Å². The van der Waals surface area contributed by atoms with Crippen molar-refractivity contribution in [3.63, 3.8) is 0 Å². The van der Waals surface area contributed by atoms with E-state index >= 15 is 0 Å². The van der Waals surface area contributed by atoms with Gasteiger partial charge in [-0.05, 0) is 36.4 Å². The molecule has 1 aliphatic heterocycles. The highest BCUT2D eigenvalue weighted by molar-refractivity contribution is 7.99. The van der Waals surface area contributed by atoms with Crippen molar-refractivity contribution in [2.24, 2.45) is 0 Å². The highest BCUT2D eigenvalue weighted by atomic mass is 32.2. The van der Waals surface area contributed by atoms with Gasteiger partial charge in [-0.1, -0.05) is 0 Å². The second-order valence-corrected chi connectivity index (χ2v) is 8.84. The number of hydrogen-bond acceptors (Lipinski definition) is 7. The zero-order valence-corrected chi connectivity index (χ0v) is 18.1. The zero-order valence-electron chi connectivity index (χ0n) is 16.4. The molecule has 9 heteroatoms. The number of thioether (sulfide) groups is 1. The van der Waals surface area contributed by atoms with Crippen molar-refractivity contribution in [2.45, 2.75) is 6.92 Å². The van der Waals surface area contributed by atoms with Crippen LogP contribution < -0.4 is 15.5 Å². The monoisotopic (exact) mass is 439 g/mol. The van der Waals surface area contributed by atoms with Crippen LogP contribution in [0.3, 0.4) is 0 Å². The molecule has 1 aromatic carbocycles. The molecule has 154 valence electrons. The molecule has 7 nitrogen and oxygen atoms in total. The van der Waals surface area contributed by atoms with Gasteiger partial charge in [-0.2, -0.15) is 11.8 Å². The molecule has 0 bridgehead atoms. The Hall–Kier alpha value is -2.91. The molecule has 0 saturated carbocycles. The van der Waals surface area contributed by atoms with E-state index in [2.05, 4.69) is 25.5 Å². The van der Waals surface area contributed by atoms with Crippen LogP contribution in [0.4, 0.5) is 17.2 Å². The summed E-state index contributed by atoms with van der Waals surface area (Å²) in [6.45, 7) is 3.49. The van der Waals surface area contributed by atoms with Crippen molar-refractivity contribution in [3.8, 4) is 10.6 Å². The van der Waals surface area contributed by atoms with Crippen LogP contribution in [-0.4, -0.2) is 46.4 Å². The summed E-state index contributed by atoms with van der Waals surface area (Å²) >= 11 is 3.39. The van der Waals surface area contributed by atoms with E-state index in [9.17, 15) is 9.59 Å². The lowest BCUT2D eigenvalue weighted by atomic mass is 10.2. The predicted molar refractivity (Wildman–Crippen MR) is 124 cm³/mol. The number of hydrogen-bond donors (Lipinski definition) is 2. The number of rotatable bonds is 5. The number of benzene rings is 1. The third-order valence-electron chi connectivity index (χ3n) is 4.53. The SMILES string of the molecule is CC(=O)Nc1ccc(NC(=O)c2csc(-c3ccc(N4CCSCC4)nc3)n2)cc1. The average molecular weight is 440 g/mol. The fraction of sp³-hybridized carbons (Fsp3) is 0.238. The summed E-state index contributed by atoms with van der Waals surface area (Å²) in [7, 11) is 0. The highest BCUT2D eigenvalue weighted by Crippen LogP contribution is 2.26. The smallest absolute Gasteiger partial charge is 0.275 e. The van der Waals surface area contributed by atoms with E-state index in [0.29, 0.717) is 17.1 Å². The van der Waals surface area contributed by atoms with E-state index in [1.807, 2.05) is 30.1 Å². The van der Waals surface area contributed by atoms with Crippen LogP contribution in [-0.2, 0) is 4.79 Å². The lowest BCUT2D eigenvalue weighted by molar-refractivity contribution is -0.114. The lowest BCUT2D eigenvalue weighted by Gasteiger charge is -2.27. The quantitative estimate of drug-likeness (QED) is 0.626. The van der Waals surface area contributed by atoms with Crippen LogP contribution in [0.1, 0.15) is 17.4 Å². The molecule has 1 aliphatic rings. The number of anilines is 3. The molecule has 0 aliphatic carbocycles. The van der Waals surface area contributed by atoms with E-state index in [4.69, 9.17) is 0 Å². The number of amides is 2. The maximum absolute atomic E-state index is 12.5. The molecular formula is C21H21N5O2S2. The Morgan fingerprint density at radius 2 is 1.70 bits per heavy atom. The molecule has 2 amide bonds. The summed E-state index contributed by atoms with van der Waals surface area (Å²) in [5.74, 6) is 2.82. The van der Waals surface area contributed by atoms with E-state index in [0.717, 1.165) is 41.0 Å². The van der Waals surface area contributed by atoms with Crippen molar-refractivity contribution in [2.75, 3.05) is 40.1 Å². The van der Waals surface area contributed by atoms with Gasteiger partial charge in [0.25, 0.3) is 5.91 Å². The summed E-state index contributed by atoms with van der Waals surface area (Å²) in [4.78, 5) is 34.9. The van der Waals surface area contributed by atoms with Gasteiger partial charge in [-0.3, -0.25) is 9.59 Å². The van der Waals surface area contributed by atoms with Crippen molar-refractivity contribution < 1.29 is 9.59 Å². The molecular weight excluding hydrogens is 418 g/mol. The van der Waals surface area contributed by atoms with E-state index in [-0.39, 0.29) is 11.8 Å². The number of carbonyl (C=O) groups is 2. The fourth-order valence-electron chi connectivity index (χ4n) is 3.04. The molecule has 1 fully saturated rings. The summed E-state index contributed by atoms with van der Waals surface area (Å²) in [6, 6.07) is 11.0. The molecule has 30 heavy (non-hydrogen) atoms. The molecule has 0 unspecified atom stereocenters. The Balaban J connectivity index is 1.40. The first-order valence-corrected chi connectivity index (χ1v) is 11.6.